The summed E-state index contributed by atoms with van der Waals surface area (Å²) in [7, 11) is 0. The molecule has 15 heavy (non-hydrogen) atoms. The fourth-order valence-corrected chi connectivity index (χ4v) is 3.74. The molecule has 2 heteroatoms. The van der Waals surface area contributed by atoms with Crippen LogP contribution >= 0.6 is 0 Å². The van der Waals surface area contributed by atoms with E-state index in [4.69, 9.17) is 0 Å². The van der Waals surface area contributed by atoms with Crippen LogP contribution < -0.4 is 5.32 Å². The maximum atomic E-state index is 11.6. The molecule has 2 fully saturated rings. The number of fused-ring (bicyclic) bond motifs is 2. The third-order valence-electron chi connectivity index (χ3n) is 4.15. The van der Waals surface area contributed by atoms with Gasteiger partial charge in [0.25, 0.3) is 0 Å². The molecule has 3 atom stereocenters. The molecule has 86 valence electrons. The monoisotopic (exact) mass is 209 g/mol. The highest BCUT2D eigenvalue weighted by atomic mass is 16.1. The fraction of sp³-hybridized carbons (Fsp3) is 0.923. The molecule has 0 aromatic carbocycles. The predicted octanol–water partition coefficient (Wildman–Crippen LogP) is 2.87. The van der Waals surface area contributed by atoms with Gasteiger partial charge in [-0.05, 0) is 37.5 Å². The van der Waals surface area contributed by atoms with Crippen LogP contribution in [0.3, 0.4) is 0 Å². The zero-order valence-electron chi connectivity index (χ0n) is 10.0. The molecule has 0 heterocycles. The highest BCUT2D eigenvalue weighted by Crippen LogP contribution is 2.45. The molecule has 2 aliphatic rings. The van der Waals surface area contributed by atoms with E-state index in [9.17, 15) is 4.79 Å². The average molecular weight is 209 g/mol. The minimum Gasteiger partial charge on any atom is -0.351 e. The van der Waals surface area contributed by atoms with E-state index in [0.717, 1.165) is 11.8 Å². The van der Waals surface area contributed by atoms with Gasteiger partial charge in [0.2, 0.25) is 5.91 Å². The van der Waals surface area contributed by atoms with E-state index in [2.05, 4.69) is 12.2 Å². The van der Waals surface area contributed by atoms with Crippen LogP contribution in [0.25, 0.3) is 0 Å². The Morgan fingerprint density at radius 1 is 1.47 bits per heavy atom. The minimum absolute atomic E-state index is 0.174. The van der Waals surface area contributed by atoms with Crippen LogP contribution in [0.5, 0.6) is 0 Å². The van der Waals surface area contributed by atoms with Gasteiger partial charge in [-0.25, -0.2) is 0 Å². The summed E-state index contributed by atoms with van der Waals surface area (Å²) in [5, 5.41) is 3.30. The molecule has 0 spiro atoms. The Hall–Kier alpha value is -0.530. The summed E-state index contributed by atoms with van der Waals surface area (Å²) in [5.41, 5.74) is 0.174. The van der Waals surface area contributed by atoms with E-state index < -0.39 is 0 Å². The third-order valence-corrected chi connectivity index (χ3v) is 4.15. The SMILES string of the molecule is CCC(=O)NC12CCCC(CC(C)C1)C2. The number of nitrogens with one attached hydrogen (secondary N) is 1. The van der Waals surface area contributed by atoms with Crippen molar-refractivity contribution in [3.8, 4) is 0 Å². The normalized spacial score (nSPS) is 39.9. The molecule has 0 aromatic heterocycles. The summed E-state index contributed by atoms with van der Waals surface area (Å²) < 4.78 is 0. The highest BCUT2D eigenvalue weighted by molar-refractivity contribution is 5.76. The van der Waals surface area contributed by atoms with Crippen molar-refractivity contribution in [3.63, 3.8) is 0 Å². The van der Waals surface area contributed by atoms with Crippen molar-refractivity contribution in [2.24, 2.45) is 11.8 Å². The van der Waals surface area contributed by atoms with E-state index in [-0.39, 0.29) is 11.4 Å². The number of carbonyl (C=O) groups is 1. The quantitative estimate of drug-likeness (QED) is 0.744. The Labute approximate surface area is 92.8 Å². The lowest BCUT2D eigenvalue weighted by Crippen LogP contribution is -2.54. The molecule has 0 aromatic rings. The van der Waals surface area contributed by atoms with Gasteiger partial charge in [-0.1, -0.05) is 26.7 Å². The Bertz CT molecular complexity index is 247. The highest BCUT2D eigenvalue weighted by Gasteiger charge is 2.42. The Kier molecular flexibility index (Phi) is 3.03. The number of hydrogen-bond acceptors (Lipinski definition) is 1. The molecule has 2 saturated carbocycles. The van der Waals surface area contributed by atoms with E-state index in [1.807, 2.05) is 6.92 Å². The zero-order valence-corrected chi connectivity index (χ0v) is 10.0. The van der Waals surface area contributed by atoms with Crippen molar-refractivity contribution in [3.05, 3.63) is 0 Å². The molecule has 1 N–H and O–H groups in total. The van der Waals surface area contributed by atoms with Gasteiger partial charge in [-0.2, -0.15) is 0 Å². The van der Waals surface area contributed by atoms with Gasteiger partial charge in [0.15, 0.2) is 0 Å². The second-order valence-corrected chi connectivity index (χ2v) is 5.69. The van der Waals surface area contributed by atoms with Crippen LogP contribution in [0, 0.1) is 11.8 Å². The Morgan fingerprint density at radius 3 is 3.00 bits per heavy atom. The second-order valence-electron chi connectivity index (χ2n) is 5.69. The third kappa shape index (κ3) is 2.35. The topological polar surface area (TPSA) is 29.1 Å². The first-order chi connectivity index (χ1) is 7.13. The van der Waals surface area contributed by atoms with E-state index in [1.54, 1.807) is 0 Å². The van der Waals surface area contributed by atoms with E-state index in [1.165, 1.54) is 38.5 Å². The molecular weight excluding hydrogens is 186 g/mol. The summed E-state index contributed by atoms with van der Waals surface area (Å²) in [6.07, 6.45) is 8.35. The lowest BCUT2D eigenvalue weighted by atomic mass is 9.64. The van der Waals surface area contributed by atoms with Crippen LogP contribution in [-0.2, 0) is 4.79 Å². The number of carbonyl (C=O) groups excluding carboxylic acids is 1. The molecule has 2 bridgehead atoms. The van der Waals surface area contributed by atoms with Gasteiger partial charge < -0.3 is 5.32 Å². The van der Waals surface area contributed by atoms with Gasteiger partial charge >= 0.3 is 0 Å². The Morgan fingerprint density at radius 2 is 2.27 bits per heavy atom. The van der Waals surface area contributed by atoms with Gasteiger partial charge in [0, 0.05) is 12.0 Å². The standard InChI is InChI=1S/C13H23NO/c1-3-12(15)14-13-6-4-5-11(9-13)7-10(2)8-13/h10-11H,3-9H2,1-2H3,(H,14,15). The van der Waals surface area contributed by atoms with E-state index in [0.29, 0.717) is 6.42 Å². The van der Waals surface area contributed by atoms with Crippen molar-refractivity contribution in [2.75, 3.05) is 0 Å². The Balaban J connectivity index is 2.06. The molecule has 0 radical (unpaired) electrons. The molecule has 1 amide bonds. The summed E-state index contributed by atoms with van der Waals surface area (Å²) in [5.74, 6) is 1.91. The van der Waals surface area contributed by atoms with Crippen LogP contribution in [0.1, 0.15) is 58.8 Å². The molecule has 2 rings (SSSR count). The summed E-state index contributed by atoms with van der Waals surface area (Å²) in [4.78, 5) is 11.6. The second kappa shape index (κ2) is 4.15. The zero-order chi connectivity index (χ0) is 10.9. The van der Waals surface area contributed by atoms with Gasteiger partial charge in [0.1, 0.15) is 0 Å². The van der Waals surface area contributed by atoms with Crippen LogP contribution in [0.2, 0.25) is 0 Å². The first kappa shape index (κ1) is 11.0. The minimum atomic E-state index is 0.174. The van der Waals surface area contributed by atoms with Crippen LogP contribution in [0.15, 0.2) is 0 Å². The lowest BCUT2D eigenvalue weighted by Gasteiger charge is -2.48. The first-order valence-corrected chi connectivity index (χ1v) is 6.44. The first-order valence-electron chi connectivity index (χ1n) is 6.44. The van der Waals surface area contributed by atoms with Crippen molar-refractivity contribution < 1.29 is 4.79 Å². The summed E-state index contributed by atoms with van der Waals surface area (Å²) in [6.45, 7) is 4.28. The smallest absolute Gasteiger partial charge is 0.220 e. The summed E-state index contributed by atoms with van der Waals surface area (Å²) >= 11 is 0. The molecule has 2 nitrogen and oxygen atoms in total. The predicted molar refractivity (Wildman–Crippen MR) is 61.5 cm³/mol. The van der Waals surface area contributed by atoms with Crippen molar-refractivity contribution in [1.29, 1.82) is 0 Å². The van der Waals surface area contributed by atoms with Crippen molar-refractivity contribution in [1.82, 2.24) is 5.32 Å². The van der Waals surface area contributed by atoms with Gasteiger partial charge in [-0.15, -0.1) is 0 Å². The molecular formula is C13H23NO. The summed E-state index contributed by atoms with van der Waals surface area (Å²) in [6, 6.07) is 0. The van der Waals surface area contributed by atoms with Crippen molar-refractivity contribution >= 4 is 5.91 Å². The van der Waals surface area contributed by atoms with Crippen LogP contribution in [-0.4, -0.2) is 11.4 Å². The van der Waals surface area contributed by atoms with E-state index >= 15 is 0 Å². The maximum absolute atomic E-state index is 11.6. The van der Waals surface area contributed by atoms with Crippen LogP contribution in [0.4, 0.5) is 0 Å². The van der Waals surface area contributed by atoms with Gasteiger partial charge in [0.05, 0.1) is 0 Å². The number of rotatable bonds is 2. The molecule has 0 aliphatic heterocycles. The maximum Gasteiger partial charge on any atom is 0.220 e. The largest absolute Gasteiger partial charge is 0.351 e. The van der Waals surface area contributed by atoms with Gasteiger partial charge in [-0.3, -0.25) is 4.79 Å². The number of hydrogen-bond donors (Lipinski definition) is 1. The molecule has 0 saturated heterocycles. The molecule has 3 unspecified atom stereocenters. The fourth-order valence-electron chi connectivity index (χ4n) is 3.74. The number of amides is 1. The molecule has 2 aliphatic carbocycles. The average Bonchev–Trinajstić information content (AvgIpc) is 2.15. The lowest BCUT2D eigenvalue weighted by molar-refractivity contribution is -0.124. The van der Waals surface area contributed by atoms with Crippen molar-refractivity contribution in [2.45, 2.75) is 64.3 Å².